The van der Waals surface area contributed by atoms with Crippen LogP contribution in [0, 0.1) is 5.92 Å². The van der Waals surface area contributed by atoms with E-state index in [0.29, 0.717) is 12.0 Å². The van der Waals surface area contributed by atoms with Crippen molar-refractivity contribution in [2.24, 2.45) is 5.92 Å². The number of alkyl carbamates (subject to hydrolysis) is 1. The number of amides is 4. The van der Waals surface area contributed by atoms with Crippen molar-refractivity contribution in [1.82, 2.24) is 30.5 Å². The van der Waals surface area contributed by atoms with Gasteiger partial charge in [0, 0.05) is 24.1 Å². The van der Waals surface area contributed by atoms with E-state index in [9.17, 15) is 28.2 Å². The van der Waals surface area contributed by atoms with Crippen molar-refractivity contribution in [2.45, 2.75) is 116 Å². The van der Waals surface area contributed by atoms with Gasteiger partial charge in [0.1, 0.15) is 29.2 Å². The number of nitrogens with zero attached hydrogens (tertiary/aromatic N) is 2. The fraction of sp³-hybridized carbons (Fsp3) is 0.538. The molecule has 0 spiro atoms. The second kappa shape index (κ2) is 23.0. The van der Waals surface area contributed by atoms with Crippen molar-refractivity contribution in [3.63, 3.8) is 0 Å². The van der Waals surface area contributed by atoms with E-state index in [4.69, 9.17) is 4.74 Å². The van der Waals surface area contributed by atoms with E-state index in [1.54, 1.807) is 54.5 Å². The van der Waals surface area contributed by atoms with Crippen LogP contribution >= 0.6 is 22.7 Å². The Labute approximate surface area is 334 Å². The molecule has 16 heteroatoms. The van der Waals surface area contributed by atoms with Crippen LogP contribution < -0.4 is 20.9 Å². The Hall–Kier alpha value is -4.15. The maximum absolute atomic E-state index is 12.1. The summed E-state index contributed by atoms with van der Waals surface area (Å²) in [5, 5.41) is 19.4. The van der Waals surface area contributed by atoms with E-state index < -0.39 is 28.7 Å². The summed E-state index contributed by atoms with van der Waals surface area (Å²) in [4.78, 5) is 59.6. The van der Waals surface area contributed by atoms with Gasteiger partial charge in [0.05, 0.1) is 17.0 Å². The van der Waals surface area contributed by atoms with E-state index in [-0.39, 0.29) is 41.1 Å². The molecule has 13 nitrogen and oxygen atoms in total. The lowest BCUT2D eigenvalue weighted by Crippen LogP contribution is -2.48. The quantitative estimate of drug-likeness (QED) is 0.0756. The summed E-state index contributed by atoms with van der Waals surface area (Å²) in [6.07, 6.45) is 14.0. The van der Waals surface area contributed by atoms with Gasteiger partial charge in [0.15, 0.2) is 0 Å². The number of aromatic nitrogens is 2. The van der Waals surface area contributed by atoms with Gasteiger partial charge in [0.2, 0.25) is 12.3 Å². The molecule has 302 valence electrons. The molecule has 3 aromatic rings. The Bertz CT molecular complexity index is 1750. The molecule has 0 bridgehead atoms. The third kappa shape index (κ3) is 15.9. The Morgan fingerprint density at radius 3 is 2.36 bits per heavy atom. The van der Waals surface area contributed by atoms with Crippen molar-refractivity contribution < 1.29 is 28.1 Å². The lowest BCUT2D eigenvalue weighted by atomic mass is 10.0. The number of hydrogen-bond acceptors (Lipinski definition) is 10. The van der Waals surface area contributed by atoms with Crippen molar-refractivity contribution in [1.29, 1.82) is 0 Å². The first-order valence-corrected chi connectivity index (χ1v) is 21.8. The van der Waals surface area contributed by atoms with E-state index >= 15 is 0 Å². The average molecular weight is 817 g/mol. The predicted molar refractivity (Wildman–Crippen MR) is 221 cm³/mol. The second-order valence-corrected chi connectivity index (χ2v) is 17.5. The minimum absolute atomic E-state index is 0.0131. The Morgan fingerprint density at radius 1 is 1.11 bits per heavy atom. The highest BCUT2D eigenvalue weighted by Crippen LogP contribution is 2.31. The molecule has 1 aliphatic heterocycles. The number of H-pyrrole nitrogens is 1. The summed E-state index contributed by atoms with van der Waals surface area (Å²) in [6.45, 7) is 12.2. The Balaban J connectivity index is 0.000000223. The number of carbonyl (C=O) groups excluding carboxylic acids is 4. The largest absolute Gasteiger partial charge is 0.444 e. The highest BCUT2D eigenvalue weighted by molar-refractivity contribution is 7.84. The number of allylic oxidation sites excluding steroid dienone is 1. The maximum atomic E-state index is 12.1. The van der Waals surface area contributed by atoms with Gasteiger partial charge in [0.25, 0.3) is 11.5 Å². The minimum atomic E-state index is -1.32. The zero-order chi connectivity index (χ0) is 40.4. The van der Waals surface area contributed by atoms with Crippen molar-refractivity contribution in [3.05, 3.63) is 62.4 Å². The van der Waals surface area contributed by atoms with Crippen LogP contribution in [-0.2, 0) is 30.1 Å². The van der Waals surface area contributed by atoms with Gasteiger partial charge in [-0.2, -0.15) is 27.8 Å². The molecule has 0 aromatic carbocycles. The lowest BCUT2D eigenvalue weighted by molar-refractivity contribution is -0.130. The van der Waals surface area contributed by atoms with Crippen molar-refractivity contribution in [2.75, 3.05) is 13.1 Å². The highest BCUT2D eigenvalue weighted by Gasteiger charge is 2.32. The molecule has 4 unspecified atom stereocenters. The van der Waals surface area contributed by atoms with Crippen LogP contribution in [0.2, 0.25) is 0 Å². The molecule has 2 aliphatic rings. The zero-order valence-corrected chi connectivity index (χ0v) is 35.1. The fourth-order valence-corrected chi connectivity index (χ4v) is 7.96. The molecule has 1 saturated carbocycles. The number of carbonyl (C=O) groups is 4. The molecule has 2 fully saturated rings. The van der Waals surface area contributed by atoms with Gasteiger partial charge >= 0.3 is 6.09 Å². The van der Waals surface area contributed by atoms with Gasteiger partial charge in [-0.25, -0.2) is 14.1 Å². The molecule has 0 radical (unpaired) electrons. The number of aromatic amines is 1. The standard InChI is InChI=1S/C15H26N2O3S.C12H22N2O3.C12H8N2OS2/c1-3-4-5-6-7-8-12(2)14(16-11-18)15(19)17-21(20)13-9-10-13;1-9-6-5-7-14(9)10(15)8-13-11(16)17-12(2,3)4;15-12-11(9-2-4-17-7-9)10(5-13-14-12)8-1-3-16-6-8/h7-8,11-14H,3-6,9-10H2,1-2H3,(H,16,18)(H,17,19);9H,5-8H2,1-4H3,(H,13,16);1-7H,(H,14,15)/b8-7-;;. The normalized spacial score (nSPS) is 16.8. The highest BCUT2D eigenvalue weighted by atomic mass is 32.2. The van der Waals surface area contributed by atoms with Crippen molar-refractivity contribution >= 4 is 58.0 Å². The van der Waals surface area contributed by atoms with Gasteiger partial charge in [-0.15, -0.1) is 0 Å². The topological polar surface area (TPSA) is 180 Å². The number of unbranched alkanes of at least 4 members (excludes halogenated alkanes) is 3. The Kier molecular flexibility index (Phi) is 19.0. The molecule has 55 heavy (non-hydrogen) atoms. The molecule has 4 amide bonds. The molecule has 3 aromatic heterocycles. The van der Waals surface area contributed by atoms with Crippen LogP contribution in [0.15, 0.2) is 56.8 Å². The number of likely N-dealkylation sites (tertiary alicyclic amines) is 1. The van der Waals surface area contributed by atoms with Gasteiger partial charge in [-0.3, -0.25) is 23.9 Å². The fourth-order valence-electron chi connectivity index (χ4n) is 5.60. The monoisotopic (exact) mass is 816 g/mol. The van der Waals surface area contributed by atoms with E-state index in [1.807, 2.05) is 59.7 Å². The van der Waals surface area contributed by atoms with Crippen LogP contribution in [0.3, 0.4) is 0 Å². The zero-order valence-electron chi connectivity index (χ0n) is 32.6. The molecule has 4 heterocycles. The van der Waals surface area contributed by atoms with Crippen LogP contribution in [0.25, 0.3) is 22.3 Å². The van der Waals surface area contributed by atoms with Gasteiger partial charge in [-0.1, -0.05) is 38.8 Å². The SMILES string of the molecule is CC1CCCN1C(=O)CNC(=O)OC(C)(C)C.CCCCC/C=C\C(C)C(NC=O)C(=O)NS(=O)C1CC1.O=c1[nH]ncc(-c2ccsc2)c1-c1ccsc1. The number of rotatable bonds is 15. The van der Waals surface area contributed by atoms with E-state index in [2.05, 4.69) is 32.5 Å². The van der Waals surface area contributed by atoms with Gasteiger partial charge in [-0.05, 0) is 111 Å². The van der Waals surface area contributed by atoms with Crippen LogP contribution in [0.1, 0.15) is 92.9 Å². The van der Waals surface area contributed by atoms with E-state index in [0.717, 1.165) is 61.8 Å². The first kappa shape index (κ1) is 45.2. The molecule has 1 aliphatic carbocycles. The summed E-state index contributed by atoms with van der Waals surface area (Å²) in [5.41, 5.74) is 2.88. The molecule has 4 N–H and O–H groups in total. The summed E-state index contributed by atoms with van der Waals surface area (Å²) >= 11 is 3.19. The average Bonchev–Trinajstić information content (AvgIpc) is 3.46. The van der Waals surface area contributed by atoms with Crippen LogP contribution in [0.4, 0.5) is 4.79 Å². The molecule has 1 saturated heterocycles. The van der Waals surface area contributed by atoms with Gasteiger partial charge < -0.3 is 20.3 Å². The molecule has 5 rings (SSSR count). The van der Waals surface area contributed by atoms with Crippen LogP contribution in [-0.4, -0.2) is 79.6 Å². The molecule has 4 atom stereocenters. The minimum Gasteiger partial charge on any atom is -0.444 e. The first-order valence-electron chi connectivity index (χ1n) is 18.7. The number of nitrogens with one attached hydrogen (secondary N) is 4. The van der Waals surface area contributed by atoms with Crippen LogP contribution in [0.5, 0.6) is 0 Å². The first-order chi connectivity index (χ1) is 26.2. The Morgan fingerprint density at radius 2 is 1.80 bits per heavy atom. The third-order valence-corrected chi connectivity index (χ3v) is 11.5. The number of thiophene rings is 2. The smallest absolute Gasteiger partial charge is 0.408 e. The summed E-state index contributed by atoms with van der Waals surface area (Å²) in [5.74, 6) is -0.549. The summed E-state index contributed by atoms with van der Waals surface area (Å²) in [7, 11) is -1.32. The summed E-state index contributed by atoms with van der Waals surface area (Å²) < 4.78 is 19.3. The number of ether oxygens (including phenoxy) is 1. The molecular formula is C39H56N6O7S3. The van der Waals surface area contributed by atoms with Crippen molar-refractivity contribution in [3.8, 4) is 22.3 Å². The lowest BCUT2D eigenvalue weighted by Gasteiger charge is -2.23. The second-order valence-electron chi connectivity index (χ2n) is 14.5. The summed E-state index contributed by atoms with van der Waals surface area (Å²) in [6, 6.07) is 3.55. The molecular weight excluding hydrogens is 761 g/mol. The third-order valence-electron chi connectivity index (χ3n) is 8.65. The number of hydrogen-bond donors (Lipinski definition) is 4. The maximum Gasteiger partial charge on any atom is 0.408 e. The van der Waals surface area contributed by atoms with E-state index in [1.165, 1.54) is 12.8 Å². The predicted octanol–water partition coefficient (Wildman–Crippen LogP) is 6.56.